The van der Waals surface area contributed by atoms with Crippen molar-refractivity contribution in [2.75, 3.05) is 11.4 Å². The van der Waals surface area contributed by atoms with E-state index in [0.717, 1.165) is 5.39 Å². The van der Waals surface area contributed by atoms with E-state index in [1.54, 1.807) is 24.3 Å². The Morgan fingerprint density at radius 3 is 2.61 bits per heavy atom. The lowest BCUT2D eigenvalue weighted by molar-refractivity contribution is -0.121. The zero-order chi connectivity index (χ0) is 12.7. The third-order valence-corrected chi connectivity index (χ3v) is 2.90. The number of anilines is 1. The molecule has 3 rings (SSSR count). The van der Waals surface area contributed by atoms with Crippen LogP contribution in [0.4, 0.5) is 5.69 Å². The second-order valence-electron chi connectivity index (χ2n) is 4.17. The van der Waals surface area contributed by atoms with Gasteiger partial charge in [0.2, 0.25) is 5.91 Å². The van der Waals surface area contributed by atoms with Crippen LogP contribution in [0.2, 0.25) is 0 Å². The lowest BCUT2D eigenvalue weighted by Gasteiger charge is -2.14. The van der Waals surface area contributed by atoms with Crippen molar-refractivity contribution in [2.24, 2.45) is 0 Å². The molecule has 0 aliphatic carbocycles. The van der Waals surface area contributed by atoms with Crippen molar-refractivity contribution < 1.29 is 14.0 Å². The lowest BCUT2D eigenvalue weighted by atomic mass is 10.2. The topological polar surface area (TPSA) is 67.6 Å². The van der Waals surface area contributed by atoms with E-state index in [2.05, 4.69) is 0 Å². The standard InChI is InChI=1S/C13H9NO4/c15-10-6-12(16)14(7-10)9-2-3-11-8(5-9)1-4-13(17)18-11/h1-5H,6-7H2. The summed E-state index contributed by atoms with van der Waals surface area (Å²) in [6.45, 7) is 0.112. The first-order chi connectivity index (χ1) is 8.63. The summed E-state index contributed by atoms with van der Waals surface area (Å²) < 4.78 is 5.00. The fourth-order valence-electron chi connectivity index (χ4n) is 2.05. The van der Waals surface area contributed by atoms with Crippen molar-refractivity contribution in [2.45, 2.75) is 6.42 Å². The lowest BCUT2D eigenvalue weighted by Crippen LogP contribution is -2.24. The molecule has 2 aromatic rings. The quantitative estimate of drug-likeness (QED) is 0.555. The molecule has 0 bridgehead atoms. The normalized spacial score (nSPS) is 15.7. The number of fused-ring (bicyclic) bond motifs is 1. The van der Waals surface area contributed by atoms with Gasteiger partial charge >= 0.3 is 5.63 Å². The Labute approximate surface area is 102 Å². The van der Waals surface area contributed by atoms with Gasteiger partial charge in [-0.05, 0) is 24.3 Å². The van der Waals surface area contributed by atoms with E-state index in [1.807, 2.05) is 0 Å². The number of carbonyl (C=O) groups excluding carboxylic acids is 2. The number of hydrogen-bond donors (Lipinski definition) is 0. The van der Waals surface area contributed by atoms with Crippen LogP contribution in [0, 0.1) is 0 Å². The molecule has 0 N–H and O–H groups in total. The molecule has 0 atom stereocenters. The van der Waals surface area contributed by atoms with Crippen molar-refractivity contribution in [3.63, 3.8) is 0 Å². The molecule has 1 aromatic carbocycles. The second kappa shape index (κ2) is 3.80. The van der Waals surface area contributed by atoms with Crippen LogP contribution in [0.5, 0.6) is 0 Å². The molecule has 0 radical (unpaired) electrons. The van der Waals surface area contributed by atoms with Crippen molar-refractivity contribution in [3.8, 4) is 0 Å². The van der Waals surface area contributed by atoms with Gasteiger partial charge < -0.3 is 9.32 Å². The smallest absolute Gasteiger partial charge is 0.336 e. The Morgan fingerprint density at radius 1 is 1.06 bits per heavy atom. The van der Waals surface area contributed by atoms with Gasteiger partial charge in [0, 0.05) is 17.1 Å². The monoisotopic (exact) mass is 243 g/mol. The van der Waals surface area contributed by atoms with Crippen LogP contribution in [-0.2, 0) is 9.59 Å². The van der Waals surface area contributed by atoms with Crippen LogP contribution in [-0.4, -0.2) is 18.2 Å². The predicted molar refractivity (Wildman–Crippen MR) is 64.5 cm³/mol. The van der Waals surface area contributed by atoms with Gasteiger partial charge in [-0.25, -0.2) is 4.79 Å². The number of rotatable bonds is 1. The number of nitrogens with zero attached hydrogens (tertiary/aromatic N) is 1. The van der Waals surface area contributed by atoms with Gasteiger partial charge in [-0.15, -0.1) is 0 Å². The van der Waals surface area contributed by atoms with E-state index in [0.29, 0.717) is 11.3 Å². The van der Waals surface area contributed by atoms with Gasteiger partial charge in [0.05, 0.1) is 13.0 Å². The van der Waals surface area contributed by atoms with E-state index < -0.39 is 5.63 Å². The Hall–Kier alpha value is -2.43. The van der Waals surface area contributed by atoms with Crippen molar-refractivity contribution in [1.29, 1.82) is 0 Å². The van der Waals surface area contributed by atoms with Crippen LogP contribution < -0.4 is 10.5 Å². The minimum Gasteiger partial charge on any atom is -0.423 e. The summed E-state index contributed by atoms with van der Waals surface area (Å²) in [4.78, 5) is 35.3. The first kappa shape index (κ1) is 10.7. The van der Waals surface area contributed by atoms with Crippen molar-refractivity contribution in [3.05, 3.63) is 40.8 Å². The maximum Gasteiger partial charge on any atom is 0.336 e. The Bertz CT molecular complexity index is 716. The number of benzene rings is 1. The largest absolute Gasteiger partial charge is 0.423 e. The number of Topliss-reactive ketones (excluding diaryl/α,β-unsaturated/α-hetero) is 1. The maximum atomic E-state index is 11.6. The second-order valence-corrected chi connectivity index (χ2v) is 4.17. The number of ketones is 1. The molecule has 1 saturated heterocycles. The molecular weight excluding hydrogens is 234 g/mol. The van der Waals surface area contributed by atoms with Gasteiger partial charge in [0.15, 0.2) is 5.78 Å². The van der Waals surface area contributed by atoms with Gasteiger partial charge in [0.1, 0.15) is 5.58 Å². The molecule has 1 aromatic heterocycles. The molecular formula is C13H9NO4. The molecule has 1 amide bonds. The average molecular weight is 243 g/mol. The Morgan fingerprint density at radius 2 is 1.89 bits per heavy atom. The van der Waals surface area contributed by atoms with Crippen LogP contribution in [0.15, 0.2) is 39.5 Å². The van der Waals surface area contributed by atoms with Crippen LogP contribution in [0.3, 0.4) is 0 Å². The summed E-state index contributed by atoms with van der Waals surface area (Å²) in [7, 11) is 0. The molecule has 1 fully saturated rings. The van der Waals surface area contributed by atoms with Gasteiger partial charge in [-0.1, -0.05) is 0 Å². The highest BCUT2D eigenvalue weighted by molar-refractivity contribution is 6.15. The fraction of sp³-hybridized carbons (Fsp3) is 0.154. The Kier molecular flexibility index (Phi) is 2.26. The van der Waals surface area contributed by atoms with E-state index in [1.165, 1.54) is 11.0 Å². The highest BCUT2D eigenvalue weighted by Gasteiger charge is 2.28. The van der Waals surface area contributed by atoms with Crippen molar-refractivity contribution in [1.82, 2.24) is 0 Å². The highest BCUT2D eigenvalue weighted by atomic mass is 16.4. The fourth-order valence-corrected chi connectivity index (χ4v) is 2.05. The van der Waals surface area contributed by atoms with E-state index in [-0.39, 0.29) is 24.7 Å². The van der Waals surface area contributed by atoms with E-state index in [4.69, 9.17) is 4.42 Å². The zero-order valence-electron chi connectivity index (χ0n) is 9.38. The molecule has 5 nitrogen and oxygen atoms in total. The predicted octanol–water partition coefficient (Wildman–Crippen LogP) is 1.10. The molecule has 90 valence electrons. The van der Waals surface area contributed by atoms with Crippen LogP contribution in [0.1, 0.15) is 6.42 Å². The Balaban J connectivity index is 2.08. The van der Waals surface area contributed by atoms with E-state index >= 15 is 0 Å². The van der Waals surface area contributed by atoms with Gasteiger partial charge in [0.25, 0.3) is 0 Å². The van der Waals surface area contributed by atoms with Crippen LogP contribution >= 0.6 is 0 Å². The molecule has 5 heteroatoms. The minimum absolute atomic E-state index is 0.0398. The third-order valence-electron chi connectivity index (χ3n) is 2.90. The van der Waals surface area contributed by atoms with Gasteiger partial charge in [-0.2, -0.15) is 0 Å². The molecule has 18 heavy (non-hydrogen) atoms. The molecule has 2 heterocycles. The SMILES string of the molecule is O=C1CC(=O)N(c2ccc3oc(=O)ccc3c2)C1. The summed E-state index contributed by atoms with van der Waals surface area (Å²) in [5.74, 6) is -0.281. The number of hydrogen-bond acceptors (Lipinski definition) is 4. The third kappa shape index (κ3) is 1.69. The maximum absolute atomic E-state index is 11.6. The molecule has 1 aliphatic rings. The molecule has 0 saturated carbocycles. The summed E-state index contributed by atoms with van der Waals surface area (Å²) in [6.07, 6.45) is -0.0398. The summed E-state index contributed by atoms with van der Waals surface area (Å²) in [5.41, 5.74) is 0.694. The summed E-state index contributed by atoms with van der Waals surface area (Å²) in [6, 6.07) is 7.98. The number of amides is 1. The molecule has 0 spiro atoms. The first-order valence-electron chi connectivity index (χ1n) is 5.49. The molecule has 1 aliphatic heterocycles. The highest BCUT2D eigenvalue weighted by Crippen LogP contribution is 2.24. The summed E-state index contributed by atoms with van der Waals surface area (Å²) >= 11 is 0. The number of carbonyl (C=O) groups is 2. The average Bonchev–Trinajstić information content (AvgIpc) is 2.68. The zero-order valence-corrected chi connectivity index (χ0v) is 9.38. The molecule has 0 unspecified atom stereocenters. The van der Waals surface area contributed by atoms with Gasteiger partial charge in [-0.3, -0.25) is 9.59 Å². The van der Waals surface area contributed by atoms with E-state index in [9.17, 15) is 14.4 Å². The minimum atomic E-state index is -0.414. The van der Waals surface area contributed by atoms with Crippen LogP contribution in [0.25, 0.3) is 11.0 Å². The van der Waals surface area contributed by atoms with Crippen molar-refractivity contribution >= 4 is 28.3 Å². The summed E-state index contributed by atoms with van der Waals surface area (Å²) in [5, 5.41) is 0.722. The first-order valence-corrected chi connectivity index (χ1v) is 5.49.